The van der Waals surface area contributed by atoms with Gasteiger partial charge >= 0.3 is 0 Å². The van der Waals surface area contributed by atoms with Gasteiger partial charge in [0.05, 0.1) is 23.3 Å². The van der Waals surface area contributed by atoms with Crippen molar-refractivity contribution in [2.24, 2.45) is 5.73 Å². The van der Waals surface area contributed by atoms with Crippen molar-refractivity contribution < 1.29 is 9.59 Å². The highest BCUT2D eigenvalue weighted by Gasteiger charge is 2.41. The largest absolute Gasteiger partial charge is 0.384 e. The number of anilines is 2. The van der Waals surface area contributed by atoms with Crippen LogP contribution in [-0.4, -0.2) is 27.6 Å². The van der Waals surface area contributed by atoms with Gasteiger partial charge in [-0.1, -0.05) is 77.1 Å². The number of ketones is 1. The Bertz CT molecular complexity index is 1550. The molecule has 0 spiro atoms. The highest BCUT2D eigenvalue weighted by atomic mass is 79.9. The fraction of sp³-hybridized carbons (Fsp3) is 0.276. The molecule has 3 N–H and O–H groups in total. The van der Waals surface area contributed by atoms with E-state index in [9.17, 15) is 14.9 Å². The van der Waals surface area contributed by atoms with E-state index in [-0.39, 0.29) is 23.3 Å². The van der Waals surface area contributed by atoms with Crippen molar-refractivity contribution in [1.29, 1.82) is 5.26 Å². The van der Waals surface area contributed by atoms with Gasteiger partial charge in [-0.3, -0.25) is 14.5 Å². The number of Topliss-reactive ketones (excluding diaryl/α,β-unsaturated/α-hetero) is 1. The number of nitrogens with two attached hydrogens (primary N) is 1. The lowest BCUT2D eigenvalue weighted by atomic mass is 9.75. The van der Waals surface area contributed by atoms with Crippen LogP contribution < -0.4 is 16.0 Å². The van der Waals surface area contributed by atoms with Crippen LogP contribution in [0.4, 0.5) is 10.8 Å². The molecule has 0 radical (unpaired) electrons. The Labute approximate surface area is 249 Å². The summed E-state index contributed by atoms with van der Waals surface area (Å²) in [4.78, 5) is 27.5. The minimum Gasteiger partial charge on any atom is -0.384 e. The van der Waals surface area contributed by atoms with Crippen LogP contribution >= 0.6 is 39.0 Å². The molecule has 2 heterocycles. The van der Waals surface area contributed by atoms with Crippen LogP contribution in [0.15, 0.2) is 80.0 Å². The minimum absolute atomic E-state index is 0.0214. The van der Waals surface area contributed by atoms with Crippen molar-refractivity contribution in [3.8, 4) is 6.07 Å². The van der Waals surface area contributed by atoms with Crippen LogP contribution in [0.5, 0.6) is 0 Å². The number of nitriles is 1. The molecule has 2 aliphatic rings. The molecule has 1 aromatic heterocycles. The predicted octanol–water partition coefficient (Wildman–Crippen LogP) is 6.46. The highest BCUT2D eigenvalue weighted by molar-refractivity contribution is 9.10. The summed E-state index contributed by atoms with van der Waals surface area (Å²) in [5, 5.41) is 22.2. The average molecular weight is 636 g/mol. The molecule has 0 saturated carbocycles. The third-order valence-corrected chi connectivity index (χ3v) is 9.46. The molecular weight excluding hydrogens is 608 g/mol. The summed E-state index contributed by atoms with van der Waals surface area (Å²) in [5.41, 5.74) is 11.1. The molecular formula is C29H27BrN6O2S2. The van der Waals surface area contributed by atoms with Gasteiger partial charge in [-0.2, -0.15) is 5.26 Å². The number of thioether (sulfide) groups is 1. The number of aromatic nitrogens is 2. The van der Waals surface area contributed by atoms with E-state index in [2.05, 4.69) is 51.4 Å². The molecule has 5 rings (SSSR count). The molecule has 40 heavy (non-hydrogen) atoms. The van der Waals surface area contributed by atoms with Crippen molar-refractivity contribution in [3.05, 3.63) is 86.8 Å². The van der Waals surface area contributed by atoms with Gasteiger partial charge in [0, 0.05) is 27.9 Å². The van der Waals surface area contributed by atoms with E-state index in [0.29, 0.717) is 51.5 Å². The van der Waals surface area contributed by atoms with E-state index in [1.54, 1.807) is 4.90 Å². The third-order valence-electron chi connectivity index (χ3n) is 6.89. The number of benzene rings is 2. The molecule has 1 aliphatic heterocycles. The fourth-order valence-corrected chi connectivity index (χ4v) is 6.87. The minimum atomic E-state index is -0.519. The van der Waals surface area contributed by atoms with E-state index in [0.717, 1.165) is 15.7 Å². The zero-order valence-electron chi connectivity index (χ0n) is 22.0. The van der Waals surface area contributed by atoms with Crippen molar-refractivity contribution in [2.45, 2.75) is 49.3 Å². The summed E-state index contributed by atoms with van der Waals surface area (Å²) in [7, 11) is 0. The van der Waals surface area contributed by atoms with Gasteiger partial charge in [0.1, 0.15) is 5.82 Å². The first-order valence-electron chi connectivity index (χ1n) is 12.8. The number of amides is 1. The van der Waals surface area contributed by atoms with Crippen LogP contribution in [0, 0.1) is 11.3 Å². The normalized spacial score (nSPS) is 17.2. The second-order valence-electron chi connectivity index (χ2n) is 9.83. The van der Waals surface area contributed by atoms with E-state index in [1.807, 2.05) is 48.5 Å². The molecule has 204 valence electrons. The van der Waals surface area contributed by atoms with Crippen molar-refractivity contribution in [3.63, 3.8) is 0 Å². The maximum Gasteiger partial charge on any atom is 0.234 e. The lowest BCUT2D eigenvalue weighted by Crippen LogP contribution is -2.38. The lowest BCUT2D eigenvalue weighted by molar-refractivity contribution is -0.116. The number of carbonyl (C=O) groups excluding carboxylic acids is 2. The molecule has 1 amide bonds. The summed E-state index contributed by atoms with van der Waals surface area (Å²) in [6, 6.07) is 17.7. The zero-order valence-corrected chi connectivity index (χ0v) is 25.2. The maximum atomic E-state index is 13.3. The van der Waals surface area contributed by atoms with Gasteiger partial charge in [-0.05, 0) is 54.2 Å². The second-order valence-corrected chi connectivity index (χ2v) is 12.9. The Kier molecular flexibility index (Phi) is 8.40. The fourth-order valence-electron chi connectivity index (χ4n) is 4.92. The first kappa shape index (κ1) is 28.1. The summed E-state index contributed by atoms with van der Waals surface area (Å²) < 4.78 is 1.52. The summed E-state index contributed by atoms with van der Waals surface area (Å²) >= 11 is 5.92. The smallest absolute Gasteiger partial charge is 0.234 e. The molecule has 8 nitrogen and oxygen atoms in total. The van der Waals surface area contributed by atoms with Crippen LogP contribution in [0.3, 0.4) is 0 Å². The van der Waals surface area contributed by atoms with Gasteiger partial charge in [-0.15, -0.1) is 10.2 Å². The van der Waals surface area contributed by atoms with E-state index in [4.69, 9.17) is 5.73 Å². The number of halogens is 1. The predicted molar refractivity (Wildman–Crippen MR) is 162 cm³/mol. The van der Waals surface area contributed by atoms with Crippen LogP contribution in [0.2, 0.25) is 0 Å². The Morgan fingerprint density at radius 1 is 1.20 bits per heavy atom. The SMILES string of the molecule is CC(C)c1ccc(C2C(C#N)=C(N)N(c3nnc(SCC(=O)Nc4ccc(Br)cc4)s3)C3=C2C(=O)CCC3)cc1. The standard InChI is InChI=1S/C29H27BrN6O2S2/c1-16(2)17-6-8-18(9-7-17)25-21(14-31)27(32)36(22-4-3-5-23(37)26(22)25)28-34-35-29(40-28)39-15-24(38)33-20-12-10-19(30)11-13-20/h6-13,16,25H,3-5,15,32H2,1-2H3,(H,33,38). The molecule has 3 aromatic rings. The Morgan fingerprint density at radius 2 is 1.93 bits per heavy atom. The Morgan fingerprint density at radius 3 is 2.60 bits per heavy atom. The van der Waals surface area contributed by atoms with E-state index >= 15 is 0 Å². The number of rotatable bonds is 7. The molecule has 0 bridgehead atoms. The molecule has 0 saturated heterocycles. The number of hydrogen-bond donors (Lipinski definition) is 2. The second kappa shape index (κ2) is 12.0. The van der Waals surface area contributed by atoms with Gasteiger partial charge < -0.3 is 11.1 Å². The van der Waals surface area contributed by atoms with Gasteiger partial charge in [0.2, 0.25) is 11.0 Å². The lowest BCUT2D eigenvalue weighted by Gasteiger charge is -2.38. The molecule has 1 aliphatic carbocycles. The number of nitrogens with zero attached hydrogens (tertiary/aromatic N) is 4. The molecule has 1 atom stereocenters. The van der Waals surface area contributed by atoms with E-state index in [1.165, 1.54) is 28.7 Å². The monoisotopic (exact) mass is 634 g/mol. The quantitative estimate of drug-likeness (QED) is 0.284. The Hall–Kier alpha value is -3.46. The average Bonchev–Trinajstić information content (AvgIpc) is 3.41. The van der Waals surface area contributed by atoms with Gasteiger partial charge in [0.15, 0.2) is 10.1 Å². The van der Waals surface area contributed by atoms with Crippen LogP contribution in [-0.2, 0) is 9.59 Å². The maximum absolute atomic E-state index is 13.3. The summed E-state index contributed by atoms with van der Waals surface area (Å²) in [5.74, 6) is 0.120. The third kappa shape index (κ3) is 5.70. The highest BCUT2D eigenvalue weighted by Crippen LogP contribution is 2.47. The molecule has 0 fully saturated rings. The number of carbonyl (C=O) groups is 2. The molecule has 2 aromatic carbocycles. The topological polar surface area (TPSA) is 125 Å². The summed E-state index contributed by atoms with van der Waals surface area (Å²) in [6.45, 7) is 4.25. The van der Waals surface area contributed by atoms with Crippen LogP contribution in [0.1, 0.15) is 56.1 Å². The van der Waals surface area contributed by atoms with Gasteiger partial charge in [-0.25, -0.2) is 0 Å². The molecule has 1 unspecified atom stereocenters. The van der Waals surface area contributed by atoms with Crippen LogP contribution in [0.25, 0.3) is 0 Å². The Balaban J connectivity index is 1.41. The first-order chi connectivity index (χ1) is 19.3. The van der Waals surface area contributed by atoms with E-state index < -0.39 is 5.92 Å². The van der Waals surface area contributed by atoms with Crippen molar-refractivity contribution in [2.75, 3.05) is 16.0 Å². The van der Waals surface area contributed by atoms with Crippen molar-refractivity contribution >= 4 is 61.5 Å². The molecule has 11 heteroatoms. The van der Waals surface area contributed by atoms with Crippen molar-refractivity contribution in [1.82, 2.24) is 10.2 Å². The number of hydrogen-bond acceptors (Lipinski definition) is 9. The number of allylic oxidation sites excluding steroid dienone is 3. The first-order valence-corrected chi connectivity index (χ1v) is 15.4. The summed E-state index contributed by atoms with van der Waals surface area (Å²) in [6.07, 6.45) is 1.76. The number of nitrogens with one attached hydrogen (secondary N) is 1. The van der Waals surface area contributed by atoms with Gasteiger partial charge in [0.25, 0.3) is 0 Å². The zero-order chi connectivity index (χ0) is 28.4.